The zero-order valence-electron chi connectivity index (χ0n) is 17.2. The highest BCUT2D eigenvalue weighted by Crippen LogP contribution is 2.24. The molecule has 0 bridgehead atoms. The summed E-state index contributed by atoms with van der Waals surface area (Å²) in [5, 5.41) is 16.1. The van der Waals surface area contributed by atoms with E-state index in [1.165, 1.54) is 5.56 Å². The molecule has 8 heteroatoms. The van der Waals surface area contributed by atoms with Gasteiger partial charge in [-0.15, -0.1) is 0 Å². The fraction of sp³-hybridized carbons (Fsp3) is 0.250. The minimum Gasteiger partial charge on any atom is -0.386 e. The van der Waals surface area contributed by atoms with E-state index in [2.05, 4.69) is 27.8 Å². The van der Waals surface area contributed by atoms with Gasteiger partial charge in [-0.25, -0.2) is 4.39 Å². The number of pyridine rings is 1. The number of rotatable bonds is 10. The SMILES string of the molecule is O=C(N[C@H](CF)[C@H](O)c1ccc(-c2ccc(CNCc3ccncc3)cc2)cc1)C(Cl)Cl. The second-order valence-electron chi connectivity index (χ2n) is 7.29. The average molecular weight is 476 g/mol. The molecule has 1 heterocycles. The molecule has 168 valence electrons. The fourth-order valence-electron chi connectivity index (χ4n) is 3.22. The van der Waals surface area contributed by atoms with Crippen LogP contribution in [-0.4, -0.2) is 33.6 Å². The summed E-state index contributed by atoms with van der Waals surface area (Å²) in [6.45, 7) is 0.562. The number of halogens is 3. The molecule has 0 unspecified atom stereocenters. The van der Waals surface area contributed by atoms with Gasteiger partial charge in [-0.2, -0.15) is 0 Å². The topological polar surface area (TPSA) is 74.2 Å². The Balaban J connectivity index is 1.58. The van der Waals surface area contributed by atoms with Crippen LogP contribution in [0.3, 0.4) is 0 Å². The molecular formula is C24H24Cl2FN3O2. The third-order valence-electron chi connectivity index (χ3n) is 5.02. The normalized spacial score (nSPS) is 13.0. The second-order valence-corrected chi connectivity index (χ2v) is 8.39. The van der Waals surface area contributed by atoms with Gasteiger partial charge in [0.2, 0.25) is 0 Å². The minimum atomic E-state index is -1.33. The molecule has 5 nitrogen and oxygen atoms in total. The number of nitrogens with zero attached hydrogens (tertiary/aromatic N) is 1. The van der Waals surface area contributed by atoms with E-state index in [1.54, 1.807) is 24.5 Å². The lowest BCUT2D eigenvalue weighted by molar-refractivity contribution is -0.121. The Labute approximate surface area is 196 Å². The molecule has 0 saturated heterocycles. The van der Waals surface area contributed by atoms with Gasteiger partial charge in [-0.3, -0.25) is 9.78 Å². The molecule has 3 N–H and O–H groups in total. The van der Waals surface area contributed by atoms with Crippen molar-refractivity contribution in [3.63, 3.8) is 0 Å². The number of alkyl halides is 3. The lowest BCUT2D eigenvalue weighted by Crippen LogP contribution is -2.43. The van der Waals surface area contributed by atoms with Crippen LogP contribution >= 0.6 is 23.2 Å². The largest absolute Gasteiger partial charge is 0.386 e. The Kier molecular flexibility index (Phi) is 9.00. The van der Waals surface area contributed by atoms with Gasteiger partial charge >= 0.3 is 0 Å². The Hall–Kier alpha value is -2.51. The van der Waals surface area contributed by atoms with Gasteiger partial charge in [-0.1, -0.05) is 71.7 Å². The maximum atomic E-state index is 13.3. The Morgan fingerprint density at radius 1 is 0.906 bits per heavy atom. The van der Waals surface area contributed by atoms with Crippen LogP contribution < -0.4 is 10.6 Å². The zero-order valence-corrected chi connectivity index (χ0v) is 18.7. The number of hydrogen-bond donors (Lipinski definition) is 3. The molecule has 0 fully saturated rings. The first-order valence-corrected chi connectivity index (χ1v) is 11.0. The smallest absolute Gasteiger partial charge is 0.253 e. The maximum Gasteiger partial charge on any atom is 0.253 e. The van der Waals surface area contributed by atoms with Crippen LogP contribution in [0, 0.1) is 0 Å². The first kappa shape index (κ1) is 24.1. The predicted octanol–water partition coefficient (Wildman–Crippen LogP) is 4.33. The van der Waals surface area contributed by atoms with Crippen molar-refractivity contribution < 1.29 is 14.3 Å². The van der Waals surface area contributed by atoms with Gasteiger partial charge in [-0.05, 0) is 39.9 Å². The van der Waals surface area contributed by atoms with Crippen LogP contribution in [0.25, 0.3) is 11.1 Å². The Morgan fingerprint density at radius 3 is 1.97 bits per heavy atom. The summed E-state index contributed by atoms with van der Waals surface area (Å²) in [6.07, 6.45) is 2.33. The number of aliphatic hydroxyl groups excluding tert-OH is 1. The third kappa shape index (κ3) is 6.74. The van der Waals surface area contributed by atoms with Crippen molar-refractivity contribution in [2.75, 3.05) is 6.67 Å². The van der Waals surface area contributed by atoms with Crippen molar-refractivity contribution >= 4 is 29.1 Å². The number of amides is 1. The molecule has 2 aromatic carbocycles. The van der Waals surface area contributed by atoms with Crippen molar-refractivity contribution in [1.29, 1.82) is 0 Å². The highest BCUT2D eigenvalue weighted by Gasteiger charge is 2.25. The summed E-state index contributed by atoms with van der Waals surface area (Å²) in [6, 6.07) is 18.1. The van der Waals surface area contributed by atoms with Gasteiger partial charge in [0.05, 0.1) is 6.04 Å². The number of carbonyl (C=O) groups excluding carboxylic acids is 1. The first-order valence-electron chi connectivity index (χ1n) is 10.1. The molecule has 0 spiro atoms. The standard InChI is InChI=1S/C24H24Cl2FN3O2/c25-23(26)24(32)30-21(13-27)22(31)20-7-5-19(6-8-20)18-3-1-16(2-4-18)14-29-15-17-9-11-28-12-10-17/h1-12,21-23,29,31H,13-15H2,(H,30,32)/t21-,22-/m1/s1. The number of aromatic nitrogens is 1. The van der Waals surface area contributed by atoms with Crippen LogP contribution in [0.1, 0.15) is 22.8 Å². The van der Waals surface area contributed by atoms with Crippen molar-refractivity contribution in [3.05, 3.63) is 89.7 Å². The predicted molar refractivity (Wildman–Crippen MR) is 125 cm³/mol. The van der Waals surface area contributed by atoms with Gasteiger partial charge in [0, 0.05) is 25.5 Å². The number of aliphatic hydroxyl groups is 1. The minimum absolute atomic E-state index is 0.481. The lowest BCUT2D eigenvalue weighted by atomic mass is 9.98. The molecule has 32 heavy (non-hydrogen) atoms. The molecular weight excluding hydrogens is 452 g/mol. The van der Waals surface area contributed by atoms with Gasteiger partial charge in [0.15, 0.2) is 4.84 Å². The summed E-state index contributed by atoms with van der Waals surface area (Å²) in [7, 11) is 0. The molecule has 1 amide bonds. The van der Waals surface area contributed by atoms with Gasteiger partial charge < -0.3 is 15.7 Å². The summed E-state index contributed by atoms with van der Waals surface area (Å²) in [5.41, 5.74) is 4.80. The molecule has 0 aliphatic carbocycles. The number of carbonyl (C=O) groups is 1. The average Bonchev–Trinajstić information content (AvgIpc) is 2.83. The molecule has 2 atom stereocenters. The molecule has 0 aliphatic heterocycles. The van der Waals surface area contributed by atoms with E-state index in [1.807, 2.05) is 36.4 Å². The fourth-order valence-corrected chi connectivity index (χ4v) is 3.35. The molecule has 3 aromatic rings. The number of hydrogen-bond acceptors (Lipinski definition) is 4. The number of nitrogens with one attached hydrogen (secondary N) is 2. The van der Waals surface area contributed by atoms with Crippen molar-refractivity contribution in [2.24, 2.45) is 0 Å². The molecule has 0 saturated carbocycles. The van der Waals surface area contributed by atoms with Crippen molar-refractivity contribution in [2.45, 2.75) is 30.1 Å². The van der Waals surface area contributed by atoms with E-state index >= 15 is 0 Å². The highest BCUT2D eigenvalue weighted by molar-refractivity contribution is 6.53. The van der Waals surface area contributed by atoms with Gasteiger partial charge in [0.25, 0.3) is 5.91 Å². The zero-order chi connectivity index (χ0) is 22.9. The molecule has 3 rings (SSSR count). The summed E-state index contributed by atoms with van der Waals surface area (Å²) in [5.74, 6) is -0.748. The Bertz CT molecular complexity index is 986. The van der Waals surface area contributed by atoms with Crippen molar-refractivity contribution in [3.8, 4) is 11.1 Å². The van der Waals surface area contributed by atoms with E-state index in [0.29, 0.717) is 5.56 Å². The van der Waals surface area contributed by atoms with Crippen LogP contribution in [0.4, 0.5) is 4.39 Å². The van der Waals surface area contributed by atoms with Crippen LogP contribution in [0.5, 0.6) is 0 Å². The summed E-state index contributed by atoms with van der Waals surface area (Å²) < 4.78 is 13.3. The lowest BCUT2D eigenvalue weighted by Gasteiger charge is -2.22. The van der Waals surface area contributed by atoms with E-state index in [-0.39, 0.29) is 0 Å². The Morgan fingerprint density at radius 2 is 1.44 bits per heavy atom. The van der Waals surface area contributed by atoms with Gasteiger partial charge in [0.1, 0.15) is 12.8 Å². The van der Waals surface area contributed by atoms with Crippen molar-refractivity contribution in [1.82, 2.24) is 15.6 Å². The van der Waals surface area contributed by atoms with Crippen LogP contribution in [-0.2, 0) is 17.9 Å². The molecule has 1 aromatic heterocycles. The third-order valence-corrected chi connectivity index (χ3v) is 5.42. The number of benzene rings is 2. The van der Waals surface area contributed by atoms with E-state index in [9.17, 15) is 14.3 Å². The quantitative estimate of drug-likeness (QED) is 0.381. The molecule has 0 aliphatic rings. The van der Waals surface area contributed by atoms with E-state index < -0.39 is 29.6 Å². The summed E-state index contributed by atoms with van der Waals surface area (Å²) in [4.78, 5) is 14.3. The first-order chi connectivity index (χ1) is 15.5. The monoisotopic (exact) mass is 475 g/mol. The summed E-state index contributed by atoms with van der Waals surface area (Å²) >= 11 is 11.0. The van der Waals surface area contributed by atoms with Crippen LogP contribution in [0.15, 0.2) is 73.1 Å². The molecule has 0 radical (unpaired) electrons. The maximum absolute atomic E-state index is 13.3. The van der Waals surface area contributed by atoms with E-state index in [4.69, 9.17) is 23.2 Å². The second kappa shape index (κ2) is 11.9. The highest BCUT2D eigenvalue weighted by atomic mass is 35.5. The van der Waals surface area contributed by atoms with Crippen LogP contribution in [0.2, 0.25) is 0 Å². The van der Waals surface area contributed by atoms with E-state index in [0.717, 1.165) is 29.8 Å².